The molecule has 0 aliphatic carbocycles. The normalized spacial score (nSPS) is 49.2. The van der Waals surface area contributed by atoms with E-state index in [0.29, 0.717) is 23.9 Å². The van der Waals surface area contributed by atoms with Gasteiger partial charge in [-0.05, 0) is 24.2 Å². The van der Waals surface area contributed by atoms with Crippen LogP contribution in [0, 0.1) is 17.8 Å². The molecule has 0 bridgehead atoms. The fourth-order valence-corrected chi connectivity index (χ4v) is 2.30. The summed E-state index contributed by atoms with van der Waals surface area (Å²) in [4.78, 5) is 0. The Morgan fingerprint density at radius 1 is 1.08 bits per heavy atom. The van der Waals surface area contributed by atoms with Crippen LogP contribution in [-0.2, 0) is 4.74 Å². The van der Waals surface area contributed by atoms with Gasteiger partial charge in [0.2, 0.25) is 0 Å². The lowest BCUT2D eigenvalue weighted by atomic mass is 9.79. The van der Waals surface area contributed by atoms with Gasteiger partial charge in [0.1, 0.15) is 5.56 Å². The molecule has 0 N–H and O–H groups in total. The minimum absolute atomic E-state index is 0.0823. The average molecular weight is 191 g/mol. The predicted octanol–water partition coefficient (Wildman–Crippen LogP) is 3.27. The second kappa shape index (κ2) is 3.97. The first-order valence-electron chi connectivity index (χ1n) is 4.87. The summed E-state index contributed by atoms with van der Waals surface area (Å²) in [6.45, 7) is 8.87. The van der Waals surface area contributed by atoms with E-state index in [-0.39, 0.29) is 5.56 Å². The molecule has 1 fully saturated rings. The van der Waals surface area contributed by atoms with Crippen molar-refractivity contribution in [3.8, 4) is 0 Å². The van der Waals surface area contributed by atoms with E-state index in [1.807, 2.05) is 0 Å². The van der Waals surface area contributed by atoms with Crippen LogP contribution in [0.15, 0.2) is 0 Å². The van der Waals surface area contributed by atoms with Gasteiger partial charge in [0, 0.05) is 0 Å². The molecule has 0 aromatic carbocycles. The van der Waals surface area contributed by atoms with E-state index in [9.17, 15) is 0 Å². The Labute approximate surface area is 80.4 Å². The summed E-state index contributed by atoms with van der Waals surface area (Å²) in [6, 6.07) is 0. The van der Waals surface area contributed by atoms with Gasteiger partial charge in [-0.2, -0.15) is 0 Å². The number of rotatable bonds is 1. The monoisotopic (exact) mass is 190 g/mol. The number of halogens is 1. The maximum Gasteiger partial charge on any atom is 0.134 e. The zero-order valence-corrected chi connectivity index (χ0v) is 9.14. The summed E-state index contributed by atoms with van der Waals surface area (Å²) in [7, 11) is 0. The molecule has 2 heteroatoms. The SMILES string of the molecule is CCC1OC(Cl)C(C)C(C)C1C. The van der Waals surface area contributed by atoms with Crippen LogP contribution in [0.2, 0.25) is 0 Å². The summed E-state index contributed by atoms with van der Waals surface area (Å²) in [5, 5.41) is 0. The molecule has 1 saturated heterocycles. The Kier molecular flexibility index (Phi) is 3.42. The Hall–Kier alpha value is 0.250. The largest absolute Gasteiger partial charge is 0.359 e. The number of ether oxygens (including phenoxy) is 1. The maximum atomic E-state index is 6.08. The Bertz CT molecular complexity index is 144. The van der Waals surface area contributed by atoms with Crippen molar-refractivity contribution >= 4 is 11.6 Å². The highest BCUT2D eigenvalue weighted by Crippen LogP contribution is 2.37. The van der Waals surface area contributed by atoms with Gasteiger partial charge in [-0.15, -0.1) is 0 Å². The summed E-state index contributed by atoms with van der Waals surface area (Å²) in [5.74, 6) is 1.79. The van der Waals surface area contributed by atoms with E-state index in [1.165, 1.54) is 0 Å². The molecule has 1 nitrogen and oxygen atoms in total. The third-order valence-corrected chi connectivity index (χ3v) is 3.87. The van der Waals surface area contributed by atoms with Gasteiger partial charge in [-0.3, -0.25) is 0 Å². The molecule has 1 aliphatic heterocycles. The molecule has 1 rings (SSSR count). The van der Waals surface area contributed by atoms with Crippen molar-refractivity contribution in [1.29, 1.82) is 0 Å². The fraction of sp³-hybridized carbons (Fsp3) is 1.00. The quantitative estimate of drug-likeness (QED) is 0.577. The summed E-state index contributed by atoms with van der Waals surface area (Å²) >= 11 is 6.08. The van der Waals surface area contributed by atoms with Crippen LogP contribution in [0.5, 0.6) is 0 Å². The number of alkyl halides is 1. The molecule has 0 saturated carbocycles. The van der Waals surface area contributed by atoms with Crippen molar-refractivity contribution in [2.24, 2.45) is 17.8 Å². The van der Waals surface area contributed by atoms with E-state index in [0.717, 1.165) is 6.42 Å². The van der Waals surface area contributed by atoms with Crippen LogP contribution in [0.4, 0.5) is 0 Å². The van der Waals surface area contributed by atoms with Gasteiger partial charge in [-0.25, -0.2) is 0 Å². The number of hydrogen-bond acceptors (Lipinski definition) is 1. The summed E-state index contributed by atoms with van der Waals surface area (Å²) in [5.41, 5.74) is -0.0823. The topological polar surface area (TPSA) is 9.23 Å². The molecule has 0 amide bonds. The third kappa shape index (κ3) is 1.77. The standard InChI is InChI=1S/C10H19ClO/c1-5-9-7(3)6(2)8(4)10(11)12-9/h6-10H,5H2,1-4H3. The second-order valence-electron chi connectivity index (χ2n) is 4.01. The van der Waals surface area contributed by atoms with Crippen molar-refractivity contribution < 1.29 is 4.74 Å². The minimum atomic E-state index is -0.0823. The molecule has 0 aromatic rings. The summed E-state index contributed by atoms with van der Waals surface area (Å²) in [6.07, 6.45) is 1.43. The highest BCUT2D eigenvalue weighted by Gasteiger charge is 2.36. The lowest BCUT2D eigenvalue weighted by molar-refractivity contribution is -0.0980. The molecule has 0 radical (unpaired) electrons. The lowest BCUT2D eigenvalue weighted by Gasteiger charge is -2.41. The van der Waals surface area contributed by atoms with Crippen molar-refractivity contribution in [3.05, 3.63) is 0 Å². The molecule has 5 atom stereocenters. The third-order valence-electron chi connectivity index (χ3n) is 3.37. The molecule has 1 heterocycles. The van der Waals surface area contributed by atoms with E-state index >= 15 is 0 Å². The molecule has 1 aliphatic rings. The molecule has 0 aromatic heterocycles. The minimum Gasteiger partial charge on any atom is -0.359 e. The first kappa shape index (κ1) is 10.3. The smallest absolute Gasteiger partial charge is 0.134 e. The molecular weight excluding hydrogens is 172 g/mol. The maximum absolute atomic E-state index is 6.08. The Balaban J connectivity index is 2.63. The lowest BCUT2D eigenvalue weighted by Crippen LogP contribution is -2.41. The van der Waals surface area contributed by atoms with Crippen molar-refractivity contribution in [3.63, 3.8) is 0 Å². The first-order chi connectivity index (χ1) is 5.57. The number of hydrogen-bond donors (Lipinski definition) is 0. The molecule has 72 valence electrons. The first-order valence-corrected chi connectivity index (χ1v) is 5.31. The van der Waals surface area contributed by atoms with Crippen LogP contribution in [0.3, 0.4) is 0 Å². The zero-order valence-electron chi connectivity index (χ0n) is 8.38. The van der Waals surface area contributed by atoms with Crippen LogP contribution < -0.4 is 0 Å². The molecule has 5 unspecified atom stereocenters. The average Bonchev–Trinajstić information content (AvgIpc) is 2.08. The van der Waals surface area contributed by atoms with Crippen LogP contribution in [0.25, 0.3) is 0 Å². The van der Waals surface area contributed by atoms with Gasteiger partial charge in [0.05, 0.1) is 6.10 Å². The van der Waals surface area contributed by atoms with Crippen LogP contribution >= 0.6 is 11.6 Å². The fourth-order valence-electron chi connectivity index (χ4n) is 1.94. The molecule has 12 heavy (non-hydrogen) atoms. The van der Waals surface area contributed by atoms with Gasteiger partial charge in [0.25, 0.3) is 0 Å². The van der Waals surface area contributed by atoms with Crippen molar-refractivity contribution in [2.75, 3.05) is 0 Å². The van der Waals surface area contributed by atoms with Gasteiger partial charge >= 0.3 is 0 Å². The van der Waals surface area contributed by atoms with Gasteiger partial charge in [-0.1, -0.05) is 39.3 Å². The second-order valence-corrected chi connectivity index (χ2v) is 4.44. The van der Waals surface area contributed by atoms with E-state index in [4.69, 9.17) is 16.3 Å². The molecular formula is C10H19ClO. The van der Waals surface area contributed by atoms with E-state index in [1.54, 1.807) is 0 Å². The predicted molar refractivity (Wildman–Crippen MR) is 52.3 cm³/mol. The van der Waals surface area contributed by atoms with Gasteiger partial charge in [0.15, 0.2) is 0 Å². The zero-order chi connectivity index (χ0) is 9.30. The highest BCUT2D eigenvalue weighted by atomic mass is 35.5. The van der Waals surface area contributed by atoms with Crippen molar-refractivity contribution in [2.45, 2.75) is 45.8 Å². The van der Waals surface area contributed by atoms with Crippen LogP contribution in [-0.4, -0.2) is 11.7 Å². The van der Waals surface area contributed by atoms with Gasteiger partial charge < -0.3 is 4.74 Å². The Morgan fingerprint density at radius 2 is 1.67 bits per heavy atom. The van der Waals surface area contributed by atoms with E-state index in [2.05, 4.69) is 27.7 Å². The Morgan fingerprint density at radius 3 is 2.17 bits per heavy atom. The van der Waals surface area contributed by atoms with Crippen LogP contribution in [0.1, 0.15) is 34.1 Å². The van der Waals surface area contributed by atoms with Crippen molar-refractivity contribution in [1.82, 2.24) is 0 Å². The summed E-state index contributed by atoms with van der Waals surface area (Å²) < 4.78 is 5.70. The highest BCUT2D eigenvalue weighted by molar-refractivity contribution is 6.19. The van der Waals surface area contributed by atoms with E-state index < -0.39 is 0 Å². The molecule has 0 spiro atoms.